The van der Waals surface area contributed by atoms with Gasteiger partial charge in [0.25, 0.3) is 5.91 Å². The van der Waals surface area contributed by atoms with Crippen LogP contribution in [0.25, 0.3) is 0 Å². The second-order valence-electron chi connectivity index (χ2n) is 7.75. The zero-order chi connectivity index (χ0) is 18.9. The number of amides is 1. The van der Waals surface area contributed by atoms with Crippen LogP contribution >= 0.6 is 12.4 Å². The minimum atomic E-state index is -3.55. The highest BCUT2D eigenvalue weighted by atomic mass is 35.5. The van der Waals surface area contributed by atoms with E-state index >= 15 is 0 Å². The summed E-state index contributed by atoms with van der Waals surface area (Å²) in [4.78, 5) is 12.9. The lowest BCUT2D eigenvalue weighted by Gasteiger charge is -2.30. The minimum Gasteiger partial charge on any atom is -0.346 e. The summed E-state index contributed by atoms with van der Waals surface area (Å²) in [5.74, 6) is 0.145. The molecule has 2 fully saturated rings. The summed E-state index contributed by atoms with van der Waals surface area (Å²) in [5, 5.41) is 6.40. The number of carbonyl (C=O) groups excluding carboxylic acids is 1. The van der Waals surface area contributed by atoms with Gasteiger partial charge in [0.05, 0.1) is 0 Å². The van der Waals surface area contributed by atoms with Gasteiger partial charge in [-0.25, -0.2) is 8.42 Å². The van der Waals surface area contributed by atoms with Crippen molar-refractivity contribution in [1.29, 1.82) is 0 Å². The van der Waals surface area contributed by atoms with Crippen LogP contribution in [0, 0.1) is 5.92 Å². The molecule has 1 amide bonds. The quantitative estimate of drug-likeness (QED) is 0.780. The van der Waals surface area contributed by atoms with Crippen molar-refractivity contribution in [3.8, 4) is 0 Å². The van der Waals surface area contributed by atoms with E-state index in [1.165, 1.54) is 6.07 Å². The largest absolute Gasteiger partial charge is 0.346 e. The average Bonchev–Trinajstić information content (AvgIpc) is 2.99. The van der Waals surface area contributed by atoms with E-state index in [-0.39, 0.29) is 35.3 Å². The number of nitrogens with zero attached hydrogens (tertiary/aromatic N) is 2. The first-order chi connectivity index (χ1) is 12.3. The molecule has 1 aromatic heterocycles. The predicted molar refractivity (Wildman–Crippen MR) is 108 cm³/mol. The average molecular weight is 419 g/mol. The molecule has 2 aliphatic heterocycles. The van der Waals surface area contributed by atoms with Crippen molar-refractivity contribution in [3.05, 3.63) is 18.0 Å². The molecule has 3 unspecified atom stereocenters. The summed E-state index contributed by atoms with van der Waals surface area (Å²) >= 11 is 0. The fourth-order valence-corrected chi connectivity index (χ4v) is 5.57. The Morgan fingerprint density at radius 2 is 2.00 bits per heavy atom. The monoisotopic (exact) mass is 418 g/mol. The Hall–Kier alpha value is -1.09. The molecule has 154 valence electrons. The van der Waals surface area contributed by atoms with Crippen molar-refractivity contribution >= 4 is 28.3 Å². The van der Waals surface area contributed by atoms with Crippen molar-refractivity contribution in [2.45, 2.75) is 56.5 Å². The lowest BCUT2D eigenvalue weighted by molar-refractivity contribution is 0.0911. The normalized spacial score (nSPS) is 27.0. The second-order valence-corrected chi connectivity index (χ2v) is 9.69. The highest BCUT2D eigenvalue weighted by Gasteiger charge is 2.31. The SMILES string of the molecule is CC1CCCN(S(=O)(=O)c2cc(C(=O)NC3CCCNC3C)n(C)c2)C1.Cl. The Kier molecular flexibility index (Phi) is 7.35. The Labute approximate surface area is 168 Å². The first-order valence-corrected chi connectivity index (χ1v) is 10.9. The molecule has 0 radical (unpaired) electrons. The van der Waals surface area contributed by atoms with E-state index in [4.69, 9.17) is 0 Å². The van der Waals surface area contributed by atoms with Crippen molar-refractivity contribution in [3.63, 3.8) is 0 Å². The maximum absolute atomic E-state index is 12.9. The number of nitrogens with one attached hydrogen (secondary N) is 2. The van der Waals surface area contributed by atoms with Crippen LogP contribution in [0.3, 0.4) is 0 Å². The predicted octanol–water partition coefficient (Wildman–Crippen LogP) is 1.74. The van der Waals surface area contributed by atoms with Gasteiger partial charge >= 0.3 is 0 Å². The van der Waals surface area contributed by atoms with E-state index in [0.29, 0.717) is 24.7 Å². The molecular formula is C18H31ClN4O3S. The number of carbonyl (C=O) groups is 1. The lowest BCUT2D eigenvalue weighted by Crippen LogP contribution is -2.52. The third-order valence-electron chi connectivity index (χ3n) is 5.55. The topological polar surface area (TPSA) is 83.4 Å². The van der Waals surface area contributed by atoms with Gasteiger partial charge in [-0.2, -0.15) is 4.31 Å². The van der Waals surface area contributed by atoms with Gasteiger partial charge in [0.15, 0.2) is 0 Å². The van der Waals surface area contributed by atoms with E-state index in [9.17, 15) is 13.2 Å². The summed E-state index contributed by atoms with van der Waals surface area (Å²) in [6.45, 7) is 6.19. The third-order valence-corrected chi connectivity index (χ3v) is 7.38. The Morgan fingerprint density at radius 1 is 1.26 bits per heavy atom. The molecule has 0 aromatic carbocycles. The van der Waals surface area contributed by atoms with Gasteiger partial charge in [-0.1, -0.05) is 6.92 Å². The molecule has 2 N–H and O–H groups in total. The smallest absolute Gasteiger partial charge is 0.268 e. The van der Waals surface area contributed by atoms with Gasteiger partial charge in [0, 0.05) is 38.4 Å². The Balaban J connectivity index is 0.00000261. The zero-order valence-electron chi connectivity index (χ0n) is 16.3. The number of piperidine rings is 2. The van der Waals surface area contributed by atoms with Crippen molar-refractivity contribution in [2.75, 3.05) is 19.6 Å². The molecule has 3 atom stereocenters. The molecular weight excluding hydrogens is 388 g/mol. The highest BCUT2D eigenvalue weighted by Crippen LogP contribution is 2.24. The van der Waals surface area contributed by atoms with Crippen molar-refractivity contribution in [1.82, 2.24) is 19.5 Å². The number of sulfonamides is 1. The summed E-state index contributed by atoms with van der Waals surface area (Å²) < 4.78 is 29.0. The number of rotatable bonds is 4. The number of hydrogen-bond donors (Lipinski definition) is 2. The zero-order valence-corrected chi connectivity index (χ0v) is 17.9. The van der Waals surface area contributed by atoms with Gasteiger partial charge < -0.3 is 15.2 Å². The standard InChI is InChI=1S/C18H30N4O3S.ClH/c1-13-6-5-9-22(11-13)26(24,25)15-10-17(21(3)12-15)18(23)20-16-7-4-8-19-14(16)2;/h10,12-14,16,19H,4-9,11H2,1-3H3,(H,20,23);1H. The van der Waals surface area contributed by atoms with Gasteiger partial charge in [-0.15, -0.1) is 12.4 Å². The summed E-state index contributed by atoms with van der Waals surface area (Å²) in [7, 11) is -1.84. The first kappa shape index (κ1) is 22.2. The van der Waals surface area contributed by atoms with Crippen LogP contribution in [-0.4, -0.2) is 54.9 Å². The molecule has 7 nitrogen and oxygen atoms in total. The van der Waals surface area contributed by atoms with Crippen LogP contribution in [0.15, 0.2) is 17.2 Å². The van der Waals surface area contributed by atoms with Crippen LogP contribution in [0.5, 0.6) is 0 Å². The molecule has 2 aliphatic rings. The Morgan fingerprint density at radius 3 is 2.67 bits per heavy atom. The van der Waals surface area contributed by atoms with Gasteiger partial charge in [0.1, 0.15) is 10.6 Å². The van der Waals surface area contributed by atoms with Crippen LogP contribution < -0.4 is 10.6 Å². The molecule has 0 aliphatic carbocycles. The van der Waals surface area contributed by atoms with E-state index < -0.39 is 10.0 Å². The van der Waals surface area contributed by atoms with Crippen molar-refractivity contribution in [2.24, 2.45) is 13.0 Å². The number of aryl methyl sites for hydroxylation is 1. The fraction of sp³-hybridized carbons (Fsp3) is 0.722. The van der Waals surface area contributed by atoms with Crippen LogP contribution in [-0.2, 0) is 17.1 Å². The van der Waals surface area contributed by atoms with Gasteiger partial charge in [0.2, 0.25) is 10.0 Å². The summed E-state index contributed by atoms with van der Waals surface area (Å²) in [6, 6.07) is 1.78. The van der Waals surface area contributed by atoms with Gasteiger partial charge in [-0.3, -0.25) is 4.79 Å². The number of aromatic nitrogens is 1. The van der Waals surface area contributed by atoms with E-state index in [2.05, 4.69) is 24.5 Å². The minimum absolute atomic E-state index is 0. The first-order valence-electron chi connectivity index (χ1n) is 9.50. The lowest BCUT2D eigenvalue weighted by atomic mass is 10.00. The molecule has 0 saturated carbocycles. The maximum Gasteiger partial charge on any atom is 0.268 e. The second kappa shape index (κ2) is 8.94. The fourth-order valence-electron chi connectivity index (χ4n) is 3.90. The molecule has 3 heterocycles. The molecule has 27 heavy (non-hydrogen) atoms. The van der Waals surface area contributed by atoms with E-state index in [1.54, 1.807) is 22.1 Å². The van der Waals surface area contributed by atoms with Crippen LogP contribution in [0.1, 0.15) is 50.0 Å². The van der Waals surface area contributed by atoms with Gasteiger partial charge in [-0.05, 0) is 51.1 Å². The maximum atomic E-state index is 12.9. The van der Waals surface area contributed by atoms with Crippen LogP contribution in [0.4, 0.5) is 0 Å². The summed E-state index contributed by atoms with van der Waals surface area (Å²) in [6.07, 6.45) is 5.44. The van der Waals surface area contributed by atoms with Crippen LogP contribution in [0.2, 0.25) is 0 Å². The molecule has 3 rings (SSSR count). The van der Waals surface area contributed by atoms with E-state index in [0.717, 1.165) is 32.2 Å². The number of halogens is 1. The molecule has 0 spiro atoms. The molecule has 2 saturated heterocycles. The summed E-state index contributed by atoms with van der Waals surface area (Å²) in [5.41, 5.74) is 0.381. The molecule has 0 bridgehead atoms. The van der Waals surface area contributed by atoms with Crippen molar-refractivity contribution < 1.29 is 13.2 Å². The highest BCUT2D eigenvalue weighted by molar-refractivity contribution is 7.89. The van der Waals surface area contributed by atoms with E-state index in [1.807, 2.05) is 0 Å². The number of hydrogen-bond acceptors (Lipinski definition) is 4. The molecule has 9 heteroatoms. The molecule has 1 aromatic rings. The Bertz CT molecular complexity index is 765. The third kappa shape index (κ3) is 4.85.